The second-order valence-corrected chi connectivity index (χ2v) is 11.8. The van der Waals surface area contributed by atoms with E-state index in [0.717, 1.165) is 24.8 Å². The third-order valence-electron chi connectivity index (χ3n) is 7.81. The zero-order chi connectivity index (χ0) is 28.2. The Morgan fingerprint density at radius 1 is 1.03 bits per heavy atom. The average molecular weight is 535 g/mol. The fourth-order valence-corrected chi connectivity index (χ4v) is 5.45. The number of likely N-dealkylation sites (tertiary alicyclic amines) is 1. The van der Waals surface area contributed by atoms with Crippen LogP contribution in [0.25, 0.3) is 0 Å². The molecular weight excluding hydrogens is 492 g/mol. The Morgan fingerprint density at radius 2 is 1.72 bits per heavy atom. The molecule has 0 aromatic heterocycles. The first-order chi connectivity index (χ1) is 18.6. The maximum absolute atomic E-state index is 14.1. The van der Waals surface area contributed by atoms with E-state index < -0.39 is 23.5 Å². The van der Waals surface area contributed by atoms with Crippen molar-refractivity contribution in [2.75, 3.05) is 13.6 Å². The van der Waals surface area contributed by atoms with E-state index in [1.54, 1.807) is 18.9 Å². The average Bonchev–Trinajstić information content (AvgIpc) is 3.34. The molecule has 8 heteroatoms. The number of benzene rings is 2. The van der Waals surface area contributed by atoms with E-state index in [1.807, 2.05) is 63.2 Å². The molecule has 3 N–H and O–H groups in total. The molecule has 0 bridgehead atoms. The summed E-state index contributed by atoms with van der Waals surface area (Å²) >= 11 is 0. The van der Waals surface area contributed by atoms with Gasteiger partial charge in [0.25, 0.3) is 0 Å². The molecule has 2 aliphatic rings. The summed E-state index contributed by atoms with van der Waals surface area (Å²) in [6.45, 7) is 7.76. The Bertz CT molecular complexity index is 1160. The lowest BCUT2D eigenvalue weighted by atomic mass is 9.85. The summed E-state index contributed by atoms with van der Waals surface area (Å²) in [5.41, 5.74) is 1.83. The van der Waals surface area contributed by atoms with E-state index >= 15 is 0 Å². The number of nitrogens with zero attached hydrogens (tertiary/aromatic N) is 1. The minimum absolute atomic E-state index is 0.0944. The van der Waals surface area contributed by atoms with Crippen LogP contribution >= 0.6 is 0 Å². The van der Waals surface area contributed by atoms with Gasteiger partial charge in [-0.15, -0.1) is 0 Å². The molecule has 4 rings (SSSR count). The van der Waals surface area contributed by atoms with Crippen LogP contribution in [0.1, 0.15) is 64.1 Å². The second-order valence-electron chi connectivity index (χ2n) is 11.8. The van der Waals surface area contributed by atoms with Gasteiger partial charge in [0.2, 0.25) is 17.7 Å². The number of rotatable bonds is 8. The standard InChI is InChI=1S/C31H42N4O4/c1-20(32-5)28(36)34-27(31(2,3)4)30(38)35-19-23(39-22-14-7-6-8-15-22)18-26(35)29(37)33-25-17-11-13-21-12-9-10-16-24(21)25/h6-10,12,14-16,20,23,25-27,32H,11,13,17-19H2,1-5H3,(H,33,37)(H,34,36)/t20-,23+,25+,26-,27+/m0/s1. The highest BCUT2D eigenvalue weighted by atomic mass is 16.5. The molecule has 0 radical (unpaired) electrons. The molecule has 210 valence electrons. The Hall–Kier alpha value is -3.39. The van der Waals surface area contributed by atoms with E-state index in [1.165, 1.54) is 5.56 Å². The Balaban J connectivity index is 1.58. The normalized spacial score (nSPS) is 22.4. The van der Waals surface area contributed by atoms with Crippen LogP contribution < -0.4 is 20.7 Å². The minimum atomic E-state index is -0.804. The van der Waals surface area contributed by atoms with Gasteiger partial charge in [-0.3, -0.25) is 14.4 Å². The fourth-order valence-electron chi connectivity index (χ4n) is 5.45. The van der Waals surface area contributed by atoms with Crippen molar-refractivity contribution >= 4 is 17.7 Å². The van der Waals surface area contributed by atoms with Crippen LogP contribution in [0.15, 0.2) is 54.6 Å². The fraction of sp³-hybridized carbons (Fsp3) is 0.516. The first-order valence-corrected chi connectivity index (χ1v) is 14.0. The minimum Gasteiger partial charge on any atom is -0.488 e. The second kappa shape index (κ2) is 12.2. The van der Waals surface area contributed by atoms with Crippen molar-refractivity contribution in [3.63, 3.8) is 0 Å². The zero-order valence-electron chi connectivity index (χ0n) is 23.7. The van der Waals surface area contributed by atoms with Crippen LogP contribution in [0, 0.1) is 5.41 Å². The summed E-state index contributed by atoms with van der Waals surface area (Å²) in [6.07, 6.45) is 2.88. The monoisotopic (exact) mass is 534 g/mol. The van der Waals surface area contributed by atoms with Crippen molar-refractivity contribution < 1.29 is 19.1 Å². The largest absolute Gasteiger partial charge is 0.488 e. The summed E-state index contributed by atoms with van der Waals surface area (Å²) in [4.78, 5) is 42.3. The molecule has 1 aliphatic heterocycles. The van der Waals surface area contributed by atoms with Crippen molar-refractivity contribution in [3.8, 4) is 5.75 Å². The SMILES string of the molecule is CN[C@@H](C)C(=O)N[C@H](C(=O)N1C[C@H](Oc2ccccc2)C[C@H]1C(=O)N[C@@H]1CCCc2ccccc21)C(C)(C)C. The van der Waals surface area contributed by atoms with E-state index in [0.29, 0.717) is 12.2 Å². The van der Waals surface area contributed by atoms with E-state index in [2.05, 4.69) is 28.1 Å². The maximum atomic E-state index is 14.1. The van der Waals surface area contributed by atoms with Gasteiger partial charge in [0, 0.05) is 6.42 Å². The molecule has 8 nitrogen and oxygen atoms in total. The van der Waals surface area contributed by atoms with Crippen molar-refractivity contribution in [2.24, 2.45) is 5.41 Å². The maximum Gasteiger partial charge on any atom is 0.246 e. The van der Waals surface area contributed by atoms with Gasteiger partial charge in [-0.05, 0) is 61.9 Å². The molecule has 5 atom stereocenters. The quantitative estimate of drug-likeness (QED) is 0.482. The van der Waals surface area contributed by atoms with Crippen LogP contribution in [0.4, 0.5) is 0 Å². The number of carbonyl (C=O) groups is 3. The van der Waals surface area contributed by atoms with Crippen LogP contribution in [0.3, 0.4) is 0 Å². The number of fused-ring (bicyclic) bond motifs is 1. The molecule has 0 unspecified atom stereocenters. The molecule has 1 fully saturated rings. The highest BCUT2D eigenvalue weighted by Crippen LogP contribution is 2.32. The molecule has 1 heterocycles. The number of hydrogen-bond donors (Lipinski definition) is 3. The topological polar surface area (TPSA) is 99.8 Å². The summed E-state index contributed by atoms with van der Waals surface area (Å²) in [7, 11) is 1.70. The van der Waals surface area contributed by atoms with Gasteiger partial charge in [-0.25, -0.2) is 0 Å². The van der Waals surface area contributed by atoms with Crippen LogP contribution in [-0.4, -0.2) is 60.4 Å². The summed E-state index contributed by atoms with van der Waals surface area (Å²) < 4.78 is 6.21. The van der Waals surface area contributed by atoms with E-state index in [4.69, 9.17) is 4.74 Å². The third kappa shape index (κ3) is 6.79. The zero-order valence-corrected chi connectivity index (χ0v) is 23.7. The van der Waals surface area contributed by atoms with Crippen LogP contribution in [0.5, 0.6) is 5.75 Å². The Kier molecular flexibility index (Phi) is 8.95. The number of nitrogens with one attached hydrogen (secondary N) is 3. The first kappa shape index (κ1) is 28.6. The molecule has 0 saturated carbocycles. The smallest absolute Gasteiger partial charge is 0.246 e. The number of amides is 3. The van der Waals surface area contributed by atoms with Gasteiger partial charge in [0.1, 0.15) is 23.9 Å². The number of carbonyl (C=O) groups excluding carboxylic acids is 3. The highest BCUT2D eigenvalue weighted by molar-refractivity contribution is 5.94. The molecule has 39 heavy (non-hydrogen) atoms. The van der Waals surface area contributed by atoms with Gasteiger partial charge in [0.05, 0.1) is 18.6 Å². The van der Waals surface area contributed by atoms with Crippen LogP contribution in [0.2, 0.25) is 0 Å². The van der Waals surface area contributed by atoms with Crippen molar-refractivity contribution in [1.29, 1.82) is 0 Å². The predicted molar refractivity (Wildman–Crippen MR) is 151 cm³/mol. The molecule has 1 aliphatic carbocycles. The third-order valence-corrected chi connectivity index (χ3v) is 7.81. The number of likely N-dealkylation sites (N-methyl/N-ethyl adjacent to an activating group) is 1. The molecule has 2 aromatic rings. The summed E-state index contributed by atoms with van der Waals surface area (Å²) in [6, 6.07) is 15.6. The van der Waals surface area contributed by atoms with Crippen molar-refractivity contribution in [2.45, 2.75) is 83.6 Å². The lowest BCUT2D eigenvalue weighted by Gasteiger charge is -2.36. The number of para-hydroxylation sites is 1. The van der Waals surface area contributed by atoms with Gasteiger partial charge in [-0.1, -0.05) is 63.2 Å². The Morgan fingerprint density at radius 3 is 2.41 bits per heavy atom. The number of ether oxygens (including phenoxy) is 1. The van der Waals surface area contributed by atoms with Gasteiger partial charge < -0.3 is 25.6 Å². The number of hydrogen-bond acceptors (Lipinski definition) is 5. The van der Waals surface area contributed by atoms with Gasteiger partial charge in [0.15, 0.2) is 0 Å². The Labute approximate surface area is 231 Å². The van der Waals surface area contributed by atoms with E-state index in [-0.39, 0.29) is 36.4 Å². The lowest BCUT2D eigenvalue weighted by Crippen LogP contribution is -2.59. The van der Waals surface area contributed by atoms with Crippen LogP contribution in [-0.2, 0) is 20.8 Å². The number of aryl methyl sites for hydroxylation is 1. The predicted octanol–water partition coefficient (Wildman–Crippen LogP) is 3.37. The molecule has 2 aromatic carbocycles. The first-order valence-electron chi connectivity index (χ1n) is 14.0. The van der Waals surface area contributed by atoms with Gasteiger partial charge in [-0.2, -0.15) is 0 Å². The molecular formula is C31H42N4O4. The summed E-state index contributed by atoms with van der Waals surface area (Å²) in [5, 5.41) is 9.11. The van der Waals surface area contributed by atoms with Crippen molar-refractivity contribution in [1.82, 2.24) is 20.9 Å². The van der Waals surface area contributed by atoms with Gasteiger partial charge >= 0.3 is 0 Å². The molecule has 0 spiro atoms. The lowest BCUT2D eigenvalue weighted by molar-refractivity contribution is -0.144. The highest BCUT2D eigenvalue weighted by Gasteiger charge is 2.46. The summed E-state index contributed by atoms with van der Waals surface area (Å²) in [5.74, 6) is -0.0307. The molecule has 1 saturated heterocycles. The van der Waals surface area contributed by atoms with Crippen molar-refractivity contribution in [3.05, 3.63) is 65.7 Å². The molecule has 3 amide bonds. The van der Waals surface area contributed by atoms with E-state index in [9.17, 15) is 14.4 Å².